The highest BCUT2D eigenvalue weighted by molar-refractivity contribution is 7.10. The Bertz CT molecular complexity index is 1170. The van der Waals surface area contributed by atoms with Crippen molar-refractivity contribution in [1.82, 2.24) is 14.7 Å². The van der Waals surface area contributed by atoms with Gasteiger partial charge in [-0.25, -0.2) is 4.98 Å². The molecule has 138 valence electrons. The van der Waals surface area contributed by atoms with Gasteiger partial charge < -0.3 is 14.5 Å². The quantitative estimate of drug-likeness (QED) is 0.559. The van der Waals surface area contributed by atoms with Crippen LogP contribution in [0.2, 0.25) is 0 Å². The Morgan fingerprint density at radius 1 is 1.29 bits per heavy atom. The van der Waals surface area contributed by atoms with Crippen LogP contribution in [0.3, 0.4) is 0 Å². The number of amides is 1. The molecular weight excluding hydrogens is 372 g/mol. The summed E-state index contributed by atoms with van der Waals surface area (Å²) in [6.45, 7) is 0. The summed E-state index contributed by atoms with van der Waals surface area (Å²) in [6.07, 6.45) is 3.70. The number of imidazole rings is 1. The van der Waals surface area contributed by atoms with Crippen LogP contribution in [-0.2, 0) is 0 Å². The first kappa shape index (κ1) is 17.8. The fourth-order valence-electron chi connectivity index (χ4n) is 2.94. The minimum absolute atomic E-state index is 0.339. The van der Waals surface area contributed by atoms with E-state index < -0.39 is 6.04 Å². The second kappa shape index (κ2) is 7.55. The van der Waals surface area contributed by atoms with Gasteiger partial charge in [-0.1, -0.05) is 18.2 Å². The lowest BCUT2D eigenvalue weighted by Crippen LogP contribution is -2.27. The van der Waals surface area contributed by atoms with Gasteiger partial charge in [0.05, 0.1) is 24.4 Å². The van der Waals surface area contributed by atoms with E-state index in [-0.39, 0.29) is 5.91 Å². The fraction of sp³-hybridized carbons (Fsp3) is 0.0952. The first-order valence-electron chi connectivity index (χ1n) is 8.55. The van der Waals surface area contributed by atoms with E-state index >= 15 is 0 Å². The second-order valence-electron chi connectivity index (χ2n) is 6.06. The molecule has 4 rings (SSSR count). The number of carbonyl (C=O) groups is 1. The van der Waals surface area contributed by atoms with Crippen molar-refractivity contribution in [3.05, 3.63) is 76.7 Å². The number of nitriles is 1. The largest absolute Gasteiger partial charge is 0.497 e. The van der Waals surface area contributed by atoms with Gasteiger partial charge in [-0.3, -0.25) is 4.79 Å². The minimum atomic E-state index is -0.694. The number of rotatable bonds is 5. The number of fused-ring (bicyclic) bond motifs is 1. The topological polar surface area (TPSA) is 79.4 Å². The van der Waals surface area contributed by atoms with Crippen LogP contribution >= 0.6 is 11.3 Å². The zero-order valence-electron chi connectivity index (χ0n) is 15.0. The molecule has 3 heterocycles. The van der Waals surface area contributed by atoms with Gasteiger partial charge in [-0.15, -0.1) is 11.3 Å². The van der Waals surface area contributed by atoms with E-state index in [0.717, 1.165) is 21.9 Å². The molecule has 0 aliphatic carbocycles. The normalized spacial score (nSPS) is 11.7. The number of thiophene rings is 1. The third kappa shape index (κ3) is 3.33. The van der Waals surface area contributed by atoms with Gasteiger partial charge >= 0.3 is 0 Å². The average Bonchev–Trinajstić information content (AvgIpc) is 3.41. The van der Waals surface area contributed by atoms with Crippen molar-refractivity contribution in [1.29, 1.82) is 5.26 Å². The highest BCUT2D eigenvalue weighted by atomic mass is 32.1. The van der Waals surface area contributed by atoms with Crippen LogP contribution in [0.4, 0.5) is 0 Å². The highest BCUT2D eigenvalue weighted by Crippen LogP contribution is 2.25. The molecule has 0 aliphatic rings. The Balaban J connectivity index is 1.69. The Hall–Kier alpha value is -3.63. The Morgan fingerprint density at radius 3 is 2.93 bits per heavy atom. The fourth-order valence-corrected chi connectivity index (χ4v) is 3.66. The maximum atomic E-state index is 12.8. The standard InChI is InChI=1S/C21H16N4O2S/c1-27-15-6-2-5-14(11-15)18-13-25-9-3-7-16(20(25)23-18)21(26)24-17(12-22)19-8-4-10-28-19/h2-11,13,17H,1H3,(H,24,26). The Kier molecular flexibility index (Phi) is 4.79. The number of benzene rings is 1. The third-order valence-corrected chi connectivity index (χ3v) is 5.26. The molecule has 28 heavy (non-hydrogen) atoms. The molecule has 0 radical (unpaired) electrons. The molecule has 4 aromatic rings. The lowest BCUT2D eigenvalue weighted by atomic mass is 10.1. The summed E-state index contributed by atoms with van der Waals surface area (Å²) < 4.78 is 7.08. The van der Waals surface area contributed by atoms with Gasteiger partial charge in [0.2, 0.25) is 0 Å². The number of pyridine rings is 1. The molecule has 0 spiro atoms. The van der Waals surface area contributed by atoms with Crippen molar-refractivity contribution in [3.8, 4) is 23.1 Å². The molecule has 0 saturated carbocycles. The minimum Gasteiger partial charge on any atom is -0.497 e. The third-order valence-electron chi connectivity index (χ3n) is 4.33. The molecule has 1 atom stereocenters. The zero-order valence-corrected chi connectivity index (χ0v) is 15.8. The first-order chi connectivity index (χ1) is 13.7. The maximum absolute atomic E-state index is 12.8. The summed E-state index contributed by atoms with van der Waals surface area (Å²) in [5.41, 5.74) is 2.56. The van der Waals surface area contributed by atoms with Crippen molar-refractivity contribution < 1.29 is 9.53 Å². The van der Waals surface area contributed by atoms with Crippen molar-refractivity contribution in [2.24, 2.45) is 0 Å². The lowest BCUT2D eigenvalue weighted by molar-refractivity contribution is 0.0947. The predicted molar refractivity (Wildman–Crippen MR) is 107 cm³/mol. The van der Waals surface area contributed by atoms with Gasteiger partial charge in [0.25, 0.3) is 5.91 Å². The smallest absolute Gasteiger partial charge is 0.256 e. The maximum Gasteiger partial charge on any atom is 0.256 e. The summed E-state index contributed by atoms with van der Waals surface area (Å²) in [5, 5.41) is 14.1. The number of ether oxygens (including phenoxy) is 1. The van der Waals surface area contributed by atoms with E-state index in [4.69, 9.17) is 4.74 Å². The van der Waals surface area contributed by atoms with E-state index in [9.17, 15) is 10.1 Å². The summed E-state index contributed by atoms with van der Waals surface area (Å²) in [7, 11) is 1.62. The van der Waals surface area contributed by atoms with Crippen molar-refractivity contribution in [2.75, 3.05) is 7.11 Å². The van der Waals surface area contributed by atoms with E-state index in [1.54, 1.807) is 23.6 Å². The molecular formula is C21H16N4O2S. The Morgan fingerprint density at radius 2 is 2.18 bits per heavy atom. The highest BCUT2D eigenvalue weighted by Gasteiger charge is 2.19. The molecule has 1 aromatic carbocycles. The molecule has 1 unspecified atom stereocenters. The second-order valence-corrected chi connectivity index (χ2v) is 7.04. The molecule has 0 aliphatic heterocycles. The number of carbonyl (C=O) groups excluding carboxylic acids is 1. The zero-order chi connectivity index (χ0) is 19.5. The van der Waals surface area contributed by atoms with E-state index in [2.05, 4.69) is 16.4 Å². The van der Waals surface area contributed by atoms with Gasteiger partial charge in [0, 0.05) is 22.8 Å². The number of methoxy groups -OCH3 is 1. The van der Waals surface area contributed by atoms with E-state index in [1.807, 2.05) is 54.2 Å². The van der Waals surface area contributed by atoms with Crippen LogP contribution < -0.4 is 10.1 Å². The number of nitrogens with one attached hydrogen (secondary N) is 1. The number of nitrogens with zero attached hydrogens (tertiary/aromatic N) is 3. The van der Waals surface area contributed by atoms with Crippen LogP contribution in [0.1, 0.15) is 21.3 Å². The molecule has 0 saturated heterocycles. The molecule has 0 fully saturated rings. The Labute approximate surface area is 165 Å². The molecule has 7 heteroatoms. The average molecular weight is 388 g/mol. The van der Waals surface area contributed by atoms with Crippen LogP contribution in [-0.4, -0.2) is 22.4 Å². The predicted octanol–water partition coefficient (Wildman–Crippen LogP) is 4.07. The summed E-state index contributed by atoms with van der Waals surface area (Å²) in [5.74, 6) is 0.397. The van der Waals surface area contributed by atoms with E-state index in [1.165, 1.54) is 11.3 Å². The number of hydrogen-bond donors (Lipinski definition) is 1. The van der Waals surface area contributed by atoms with Crippen LogP contribution in [0.5, 0.6) is 5.75 Å². The van der Waals surface area contributed by atoms with Gasteiger partial charge in [0.15, 0.2) is 6.04 Å². The van der Waals surface area contributed by atoms with Crippen LogP contribution in [0, 0.1) is 11.3 Å². The molecule has 6 nitrogen and oxygen atoms in total. The molecule has 3 aromatic heterocycles. The van der Waals surface area contributed by atoms with Crippen molar-refractivity contribution in [2.45, 2.75) is 6.04 Å². The lowest BCUT2D eigenvalue weighted by Gasteiger charge is -2.10. The number of hydrogen-bond acceptors (Lipinski definition) is 5. The van der Waals surface area contributed by atoms with Crippen LogP contribution in [0.25, 0.3) is 16.9 Å². The van der Waals surface area contributed by atoms with Crippen molar-refractivity contribution in [3.63, 3.8) is 0 Å². The summed E-state index contributed by atoms with van der Waals surface area (Å²) in [4.78, 5) is 18.3. The van der Waals surface area contributed by atoms with Gasteiger partial charge in [0.1, 0.15) is 11.4 Å². The molecule has 1 amide bonds. The van der Waals surface area contributed by atoms with Gasteiger partial charge in [-0.05, 0) is 35.7 Å². The number of aromatic nitrogens is 2. The molecule has 1 N–H and O–H groups in total. The van der Waals surface area contributed by atoms with E-state index in [0.29, 0.717) is 11.2 Å². The summed E-state index contributed by atoms with van der Waals surface area (Å²) >= 11 is 1.43. The van der Waals surface area contributed by atoms with Crippen molar-refractivity contribution >= 4 is 22.9 Å². The monoisotopic (exact) mass is 388 g/mol. The van der Waals surface area contributed by atoms with Gasteiger partial charge in [-0.2, -0.15) is 5.26 Å². The SMILES string of the molecule is COc1cccc(-c2cn3cccc(C(=O)NC(C#N)c4cccs4)c3n2)c1. The molecule has 0 bridgehead atoms. The first-order valence-corrected chi connectivity index (χ1v) is 9.43. The van der Waals surface area contributed by atoms with Crippen LogP contribution in [0.15, 0.2) is 66.3 Å². The summed E-state index contributed by atoms with van der Waals surface area (Å²) in [6, 6.07) is 16.2.